The zero-order valence-corrected chi connectivity index (χ0v) is 9.39. The van der Waals surface area contributed by atoms with Crippen LogP contribution in [0.1, 0.15) is 23.3 Å². The molecule has 7 nitrogen and oxygen atoms in total. The number of amides is 1. The van der Waals surface area contributed by atoms with Crippen LogP contribution in [0.15, 0.2) is 6.20 Å². The van der Waals surface area contributed by atoms with Crippen LogP contribution >= 0.6 is 0 Å². The molecule has 2 aliphatic heterocycles. The Hall–Kier alpha value is -1.47. The van der Waals surface area contributed by atoms with Crippen molar-refractivity contribution in [1.82, 2.24) is 20.3 Å². The van der Waals surface area contributed by atoms with Crippen LogP contribution in [0.2, 0.25) is 0 Å². The van der Waals surface area contributed by atoms with Gasteiger partial charge in [0.25, 0.3) is 5.91 Å². The van der Waals surface area contributed by atoms with Crippen LogP contribution in [0.25, 0.3) is 0 Å². The highest BCUT2D eigenvalue weighted by Crippen LogP contribution is 2.30. The van der Waals surface area contributed by atoms with E-state index in [0.29, 0.717) is 32.0 Å². The maximum absolute atomic E-state index is 12.1. The van der Waals surface area contributed by atoms with Gasteiger partial charge in [-0.2, -0.15) is 15.4 Å². The Morgan fingerprint density at radius 1 is 1.47 bits per heavy atom. The van der Waals surface area contributed by atoms with Crippen molar-refractivity contribution in [3.63, 3.8) is 0 Å². The highest BCUT2D eigenvalue weighted by Gasteiger charge is 2.42. The van der Waals surface area contributed by atoms with Crippen LogP contribution in [-0.4, -0.2) is 58.3 Å². The van der Waals surface area contributed by atoms with E-state index >= 15 is 0 Å². The van der Waals surface area contributed by atoms with E-state index in [9.17, 15) is 4.79 Å². The fourth-order valence-corrected chi connectivity index (χ4v) is 2.36. The molecule has 7 heteroatoms. The maximum atomic E-state index is 12.1. The van der Waals surface area contributed by atoms with Gasteiger partial charge in [-0.1, -0.05) is 0 Å². The van der Waals surface area contributed by atoms with Crippen LogP contribution < -0.4 is 0 Å². The number of piperidine rings is 1. The highest BCUT2D eigenvalue weighted by molar-refractivity contribution is 5.92. The summed E-state index contributed by atoms with van der Waals surface area (Å²) in [6.45, 7) is 2.39. The molecule has 1 amide bonds. The average molecular weight is 238 g/mol. The van der Waals surface area contributed by atoms with Crippen molar-refractivity contribution in [3.05, 3.63) is 11.9 Å². The quantitative estimate of drug-likeness (QED) is 0.731. The number of likely N-dealkylation sites (tertiary alicyclic amines) is 1. The SMILES string of the molecule is O=C(c1cn[nH]n1)N1CCCC2(C1)OCCO2. The van der Waals surface area contributed by atoms with Gasteiger partial charge in [0.15, 0.2) is 11.5 Å². The molecule has 0 aliphatic carbocycles. The third-order valence-electron chi connectivity index (χ3n) is 3.15. The molecule has 0 aromatic carbocycles. The lowest BCUT2D eigenvalue weighted by atomic mass is 10.0. The topological polar surface area (TPSA) is 80.3 Å². The number of aromatic amines is 1. The van der Waals surface area contributed by atoms with Gasteiger partial charge in [-0.15, -0.1) is 0 Å². The minimum atomic E-state index is -0.586. The van der Waals surface area contributed by atoms with Gasteiger partial charge in [-0.25, -0.2) is 0 Å². The minimum Gasteiger partial charge on any atom is -0.346 e. The summed E-state index contributed by atoms with van der Waals surface area (Å²) >= 11 is 0. The fraction of sp³-hybridized carbons (Fsp3) is 0.700. The summed E-state index contributed by atoms with van der Waals surface area (Å²) in [5.74, 6) is -0.714. The smallest absolute Gasteiger partial charge is 0.276 e. The van der Waals surface area contributed by atoms with Crippen molar-refractivity contribution in [2.75, 3.05) is 26.3 Å². The van der Waals surface area contributed by atoms with E-state index in [4.69, 9.17) is 9.47 Å². The summed E-state index contributed by atoms with van der Waals surface area (Å²) in [4.78, 5) is 13.8. The molecule has 17 heavy (non-hydrogen) atoms. The third kappa shape index (κ3) is 1.91. The molecule has 0 bridgehead atoms. The Balaban J connectivity index is 1.73. The lowest BCUT2D eigenvalue weighted by molar-refractivity contribution is -0.183. The lowest BCUT2D eigenvalue weighted by Gasteiger charge is -2.38. The van der Waals surface area contributed by atoms with Crippen LogP contribution in [0.5, 0.6) is 0 Å². The molecular formula is C10H14N4O3. The van der Waals surface area contributed by atoms with Gasteiger partial charge in [-0.05, 0) is 6.42 Å². The molecule has 2 aliphatic rings. The van der Waals surface area contributed by atoms with Gasteiger partial charge in [-0.3, -0.25) is 4.79 Å². The lowest BCUT2D eigenvalue weighted by Crippen LogP contribution is -2.51. The Kier molecular flexibility index (Phi) is 2.56. The summed E-state index contributed by atoms with van der Waals surface area (Å²) < 4.78 is 11.2. The molecule has 1 aromatic heterocycles. The molecule has 3 rings (SSSR count). The summed E-state index contributed by atoms with van der Waals surface area (Å²) in [5, 5.41) is 9.88. The molecule has 2 fully saturated rings. The first kappa shape index (κ1) is 10.7. The van der Waals surface area contributed by atoms with Gasteiger partial charge in [0.05, 0.1) is 26.0 Å². The normalized spacial score (nSPS) is 23.2. The first-order valence-electron chi connectivity index (χ1n) is 5.72. The van der Waals surface area contributed by atoms with E-state index in [2.05, 4.69) is 15.4 Å². The first-order valence-corrected chi connectivity index (χ1v) is 5.72. The zero-order chi connectivity index (χ0) is 11.7. The summed E-state index contributed by atoms with van der Waals surface area (Å²) in [7, 11) is 0. The number of aromatic nitrogens is 3. The number of carbonyl (C=O) groups is 1. The van der Waals surface area contributed by atoms with Gasteiger partial charge >= 0.3 is 0 Å². The zero-order valence-electron chi connectivity index (χ0n) is 9.39. The van der Waals surface area contributed by atoms with E-state index in [0.717, 1.165) is 12.8 Å². The summed E-state index contributed by atoms with van der Waals surface area (Å²) in [6.07, 6.45) is 3.15. The van der Waals surface area contributed by atoms with E-state index in [1.807, 2.05) is 0 Å². The molecule has 1 spiro atoms. The van der Waals surface area contributed by atoms with Crippen molar-refractivity contribution in [3.8, 4) is 0 Å². The first-order chi connectivity index (χ1) is 8.29. The number of nitrogens with zero attached hydrogens (tertiary/aromatic N) is 3. The Morgan fingerprint density at radius 2 is 2.29 bits per heavy atom. The largest absolute Gasteiger partial charge is 0.346 e. The van der Waals surface area contributed by atoms with Crippen molar-refractivity contribution in [1.29, 1.82) is 0 Å². The molecule has 1 aromatic rings. The maximum Gasteiger partial charge on any atom is 0.276 e. The molecule has 92 valence electrons. The average Bonchev–Trinajstić information content (AvgIpc) is 3.00. The second-order valence-electron chi connectivity index (χ2n) is 4.29. The predicted molar refractivity (Wildman–Crippen MR) is 56.2 cm³/mol. The van der Waals surface area contributed by atoms with Crippen molar-refractivity contribution in [2.24, 2.45) is 0 Å². The van der Waals surface area contributed by atoms with E-state index in [1.165, 1.54) is 6.20 Å². The Bertz CT molecular complexity index is 400. The van der Waals surface area contributed by atoms with Crippen molar-refractivity contribution in [2.45, 2.75) is 18.6 Å². The van der Waals surface area contributed by atoms with Gasteiger partial charge in [0, 0.05) is 13.0 Å². The number of carbonyl (C=O) groups excluding carboxylic acids is 1. The summed E-state index contributed by atoms with van der Waals surface area (Å²) in [6, 6.07) is 0. The molecular weight excluding hydrogens is 224 g/mol. The van der Waals surface area contributed by atoms with Crippen LogP contribution in [0.4, 0.5) is 0 Å². The number of rotatable bonds is 1. The second-order valence-corrected chi connectivity index (χ2v) is 4.29. The molecule has 2 saturated heterocycles. The fourth-order valence-electron chi connectivity index (χ4n) is 2.36. The number of H-pyrrole nitrogens is 1. The van der Waals surface area contributed by atoms with Crippen molar-refractivity contribution < 1.29 is 14.3 Å². The highest BCUT2D eigenvalue weighted by atomic mass is 16.7. The molecule has 0 saturated carbocycles. The Morgan fingerprint density at radius 3 is 3.00 bits per heavy atom. The molecule has 0 unspecified atom stereocenters. The van der Waals surface area contributed by atoms with Crippen LogP contribution in [0.3, 0.4) is 0 Å². The third-order valence-corrected chi connectivity index (χ3v) is 3.15. The molecule has 3 heterocycles. The van der Waals surface area contributed by atoms with Crippen LogP contribution in [0, 0.1) is 0 Å². The van der Waals surface area contributed by atoms with Gasteiger partial charge < -0.3 is 14.4 Å². The number of hydrogen-bond acceptors (Lipinski definition) is 5. The Labute approximate surface area is 98.1 Å². The minimum absolute atomic E-state index is 0.128. The monoisotopic (exact) mass is 238 g/mol. The van der Waals surface area contributed by atoms with Gasteiger partial charge in [0.2, 0.25) is 0 Å². The van der Waals surface area contributed by atoms with Gasteiger partial charge in [0.1, 0.15) is 0 Å². The number of ether oxygens (including phenoxy) is 2. The number of hydrogen-bond donors (Lipinski definition) is 1. The standard InChI is InChI=1S/C10H14N4O3/c15-9(8-6-11-13-12-8)14-3-1-2-10(7-14)16-4-5-17-10/h6H,1-5,7H2,(H,11,12,13). The van der Waals surface area contributed by atoms with E-state index in [1.54, 1.807) is 4.90 Å². The molecule has 1 N–H and O–H groups in total. The summed E-state index contributed by atoms with van der Waals surface area (Å²) in [5.41, 5.74) is 0.333. The van der Waals surface area contributed by atoms with E-state index < -0.39 is 5.79 Å². The predicted octanol–water partition coefficient (Wildman–Crippen LogP) is -0.216. The van der Waals surface area contributed by atoms with E-state index in [-0.39, 0.29) is 5.91 Å². The second kappa shape index (κ2) is 4.08. The van der Waals surface area contributed by atoms with Crippen molar-refractivity contribution >= 4 is 5.91 Å². The number of nitrogens with one attached hydrogen (secondary N) is 1. The van der Waals surface area contributed by atoms with Crippen LogP contribution in [-0.2, 0) is 9.47 Å². The molecule has 0 atom stereocenters. The molecule has 0 radical (unpaired) electrons.